The minimum atomic E-state index is -0.291. The van der Waals surface area contributed by atoms with Crippen molar-refractivity contribution in [2.45, 2.75) is 6.42 Å². The van der Waals surface area contributed by atoms with Crippen LogP contribution in [0.2, 0.25) is 0 Å². The van der Waals surface area contributed by atoms with Crippen LogP contribution in [0.15, 0.2) is 47.9 Å². The lowest BCUT2D eigenvalue weighted by molar-refractivity contribution is -0.121. The van der Waals surface area contributed by atoms with Crippen molar-refractivity contribution >= 4 is 35.1 Å². The third-order valence-electron chi connectivity index (χ3n) is 2.99. The normalized spacial score (nSPS) is 11.2. The molecule has 0 aliphatic heterocycles. The summed E-state index contributed by atoms with van der Waals surface area (Å²) >= 11 is 1.52. The van der Waals surface area contributed by atoms with Gasteiger partial charge in [-0.25, -0.2) is 0 Å². The summed E-state index contributed by atoms with van der Waals surface area (Å²) in [6.45, 7) is 0. The van der Waals surface area contributed by atoms with Gasteiger partial charge in [0.05, 0.1) is 13.5 Å². The second-order valence-corrected chi connectivity index (χ2v) is 5.70. The van der Waals surface area contributed by atoms with Crippen molar-refractivity contribution in [3.8, 4) is 11.5 Å². The van der Waals surface area contributed by atoms with Gasteiger partial charge in [0.15, 0.2) is 23.1 Å². The van der Waals surface area contributed by atoms with Crippen molar-refractivity contribution in [1.29, 1.82) is 0 Å². The molecule has 23 heavy (non-hydrogen) atoms. The van der Waals surface area contributed by atoms with Crippen LogP contribution in [0.4, 0.5) is 0 Å². The van der Waals surface area contributed by atoms with Crippen LogP contribution in [0.5, 0.6) is 11.5 Å². The largest absolute Gasteiger partial charge is 0.504 e. The molecule has 4 nitrogen and oxygen atoms in total. The van der Waals surface area contributed by atoms with Crippen molar-refractivity contribution in [2.24, 2.45) is 0 Å². The van der Waals surface area contributed by atoms with Crippen LogP contribution in [-0.4, -0.2) is 23.8 Å². The highest BCUT2D eigenvalue weighted by Gasteiger charge is 2.04. The van der Waals surface area contributed by atoms with Crippen LogP contribution in [0.1, 0.15) is 16.9 Å². The van der Waals surface area contributed by atoms with Crippen LogP contribution in [0.25, 0.3) is 12.2 Å². The van der Waals surface area contributed by atoms with Crippen molar-refractivity contribution in [1.82, 2.24) is 0 Å². The summed E-state index contributed by atoms with van der Waals surface area (Å²) in [4.78, 5) is 24.4. The van der Waals surface area contributed by atoms with E-state index < -0.39 is 0 Å². The number of carbonyl (C=O) groups excluding carboxylic acids is 2. The predicted molar refractivity (Wildman–Crippen MR) is 91.7 cm³/mol. The monoisotopic (exact) mass is 328 g/mol. The van der Waals surface area contributed by atoms with E-state index >= 15 is 0 Å². The molecule has 5 heteroatoms. The molecule has 1 aromatic heterocycles. The van der Waals surface area contributed by atoms with Crippen LogP contribution in [-0.2, 0) is 9.59 Å². The fourth-order valence-corrected chi connectivity index (χ4v) is 2.47. The van der Waals surface area contributed by atoms with Crippen LogP contribution < -0.4 is 4.74 Å². The van der Waals surface area contributed by atoms with Gasteiger partial charge in [-0.1, -0.05) is 18.2 Å². The van der Waals surface area contributed by atoms with E-state index in [1.54, 1.807) is 24.3 Å². The topological polar surface area (TPSA) is 63.6 Å². The Balaban J connectivity index is 1.91. The molecule has 0 radical (unpaired) electrons. The fourth-order valence-electron chi connectivity index (χ4n) is 1.85. The number of phenols is 1. The molecule has 0 amide bonds. The number of carbonyl (C=O) groups is 2. The zero-order valence-electron chi connectivity index (χ0n) is 12.6. The van der Waals surface area contributed by atoms with Crippen molar-refractivity contribution in [2.75, 3.05) is 7.11 Å². The van der Waals surface area contributed by atoms with E-state index in [0.717, 1.165) is 4.88 Å². The third-order valence-corrected chi connectivity index (χ3v) is 3.83. The Kier molecular flexibility index (Phi) is 5.88. The molecule has 1 heterocycles. The predicted octanol–water partition coefficient (Wildman–Crippen LogP) is 3.72. The van der Waals surface area contributed by atoms with Crippen molar-refractivity contribution < 1.29 is 19.4 Å². The number of phenolic OH excluding ortho intramolecular Hbond substituents is 1. The number of hydrogen-bond acceptors (Lipinski definition) is 5. The third kappa shape index (κ3) is 5.23. The summed E-state index contributed by atoms with van der Waals surface area (Å²) in [6, 6.07) is 8.59. The zero-order valence-corrected chi connectivity index (χ0v) is 13.4. The van der Waals surface area contributed by atoms with Gasteiger partial charge in [0.2, 0.25) is 0 Å². The van der Waals surface area contributed by atoms with Crippen LogP contribution >= 0.6 is 11.3 Å². The molecule has 0 atom stereocenters. The average Bonchev–Trinajstić information content (AvgIpc) is 3.04. The van der Waals surface area contributed by atoms with Gasteiger partial charge in [-0.3, -0.25) is 9.59 Å². The number of rotatable bonds is 7. The maximum atomic E-state index is 11.8. The molecule has 0 aliphatic carbocycles. The SMILES string of the molecule is COc1ccc(C=CC(=O)CC(=O)C=Cc2cccs2)cc1O. The number of allylic oxidation sites excluding steroid dienone is 2. The number of aromatic hydroxyl groups is 1. The highest BCUT2D eigenvalue weighted by molar-refractivity contribution is 7.10. The number of thiophene rings is 1. The standard InChI is InChI=1S/C18H16O4S/c1-22-18-9-5-13(11-17(18)21)4-6-14(19)12-15(20)7-8-16-3-2-10-23-16/h2-11,21H,12H2,1H3. The van der Waals surface area contributed by atoms with Gasteiger partial charge < -0.3 is 9.84 Å². The highest BCUT2D eigenvalue weighted by atomic mass is 32.1. The van der Waals surface area contributed by atoms with Gasteiger partial charge in [-0.15, -0.1) is 11.3 Å². The van der Waals surface area contributed by atoms with Gasteiger partial charge in [-0.05, 0) is 47.4 Å². The summed E-state index contributed by atoms with van der Waals surface area (Å²) in [5, 5.41) is 11.6. The van der Waals surface area contributed by atoms with Crippen molar-refractivity contribution in [3.05, 3.63) is 58.3 Å². The number of benzene rings is 1. The van der Waals surface area contributed by atoms with Gasteiger partial charge in [-0.2, -0.15) is 0 Å². The lowest BCUT2D eigenvalue weighted by Gasteiger charge is -2.03. The van der Waals surface area contributed by atoms with Gasteiger partial charge >= 0.3 is 0 Å². The number of hydrogen-bond donors (Lipinski definition) is 1. The smallest absolute Gasteiger partial charge is 0.163 e. The van der Waals surface area contributed by atoms with E-state index in [-0.39, 0.29) is 23.7 Å². The van der Waals surface area contributed by atoms with E-state index in [0.29, 0.717) is 11.3 Å². The molecule has 1 aromatic carbocycles. The molecule has 0 saturated carbocycles. The second-order valence-electron chi connectivity index (χ2n) is 4.72. The summed E-state index contributed by atoms with van der Waals surface area (Å²) in [5.41, 5.74) is 0.651. The highest BCUT2D eigenvalue weighted by Crippen LogP contribution is 2.26. The van der Waals surface area contributed by atoms with Gasteiger partial charge in [0.1, 0.15) is 0 Å². The fraction of sp³-hybridized carbons (Fsp3) is 0.111. The Labute approximate surface area is 138 Å². The number of ketones is 2. The first-order valence-corrected chi connectivity index (χ1v) is 7.79. The molecule has 0 fully saturated rings. The second kappa shape index (κ2) is 8.10. The Morgan fingerprint density at radius 2 is 1.91 bits per heavy atom. The summed E-state index contributed by atoms with van der Waals surface area (Å²) < 4.78 is 4.94. The van der Waals surface area contributed by atoms with Gasteiger partial charge in [0.25, 0.3) is 0 Å². The molecule has 0 aliphatic rings. The zero-order chi connectivity index (χ0) is 16.7. The van der Waals surface area contributed by atoms with E-state index in [1.165, 1.54) is 36.7 Å². The lowest BCUT2D eigenvalue weighted by atomic mass is 10.1. The summed E-state index contributed by atoms with van der Waals surface area (Å²) in [6.07, 6.45) is 5.82. The Hall–Kier alpha value is -2.66. The van der Waals surface area contributed by atoms with E-state index in [2.05, 4.69) is 0 Å². The molecular weight excluding hydrogens is 312 g/mol. The molecule has 0 saturated heterocycles. The summed E-state index contributed by atoms with van der Waals surface area (Å²) in [5.74, 6) is -0.175. The minimum Gasteiger partial charge on any atom is -0.504 e. The average molecular weight is 328 g/mol. The Morgan fingerprint density at radius 3 is 2.52 bits per heavy atom. The molecule has 0 unspecified atom stereocenters. The van der Waals surface area contributed by atoms with E-state index in [4.69, 9.17) is 4.74 Å². The van der Waals surface area contributed by atoms with Crippen LogP contribution in [0.3, 0.4) is 0 Å². The summed E-state index contributed by atoms with van der Waals surface area (Å²) in [7, 11) is 1.46. The first-order valence-electron chi connectivity index (χ1n) is 6.91. The molecule has 0 bridgehead atoms. The molecule has 2 rings (SSSR count). The number of ether oxygens (including phenoxy) is 1. The molecular formula is C18H16O4S. The number of methoxy groups -OCH3 is 1. The maximum absolute atomic E-state index is 11.8. The van der Waals surface area contributed by atoms with Crippen molar-refractivity contribution in [3.63, 3.8) is 0 Å². The Bertz CT molecular complexity index is 742. The first-order chi connectivity index (χ1) is 11.1. The maximum Gasteiger partial charge on any atom is 0.163 e. The Morgan fingerprint density at radius 1 is 1.17 bits per heavy atom. The van der Waals surface area contributed by atoms with E-state index in [9.17, 15) is 14.7 Å². The molecule has 1 N–H and O–H groups in total. The van der Waals surface area contributed by atoms with E-state index in [1.807, 2.05) is 17.5 Å². The van der Waals surface area contributed by atoms with Crippen LogP contribution in [0, 0.1) is 0 Å². The lowest BCUT2D eigenvalue weighted by Crippen LogP contribution is -2.01. The molecule has 0 spiro atoms. The molecule has 2 aromatic rings. The minimum absolute atomic E-state index is 0.00273. The molecule has 118 valence electrons. The van der Waals surface area contributed by atoms with Gasteiger partial charge in [0, 0.05) is 4.88 Å². The quantitative estimate of drug-likeness (QED) is 0.621. The first kappa shape index (κ1) is 16.7.